The molecule has 2 rings (SSSR count). The van der Waals surface area contributed by atoms with Gasteiger partial charge >= 0.3 is 0 Å². The molecule has 2 aromatic rings. The number of imidazole rings is 1. The molecule has 2 aromatic heterocycles. The van der Waals surface area contributed by atoms with Crippen LogP contribution in [0, 0.1) is 0 Å². The Kier molecular flexibility index (Phi) is 4.02. The second-order valence-corrected chi connectivity index (χ2v) is 6.24. The number of nitrogens with zero attached hydrogens (tertiary/aromatic N) is 2. The number of rotatable bonds is 4. The van der Waals surface area contributed by atoms with Crippen LogP contribution in [0.5, 0.6) is 0 Å². The van der Waals surface area contributed by atoms with Crippen molar-refractivity contribution in [3.8, 4) is 0 Å². The van der Waals surface area contributed by atoms with Gasteiger partial charge in [-0.2, -0.15) is 0 Å². The molecular formula is C16H25N3O. The number of nitrogens with one attached hydrogen (secondary N) is 1. The van der Waals surface area contributed by atoms with Crippen LogP contribution >= 0.6 is 0 Å². The Bertz CT molecular complexity index is 664. The molecule has 0 radical (unpaired) electrons. The van der Waals surface area contributed by atoms with Gasteiger partial charge in [-0.25, -0.2) is 4.98 Å². The van der Waals surface area contributed by atoms with Gasteiger partial charge in [-0.15, -0.1) is 0 Å². The van der Waals surface area contributed by atoms with Gasteiger partial charge < -0.3 is 4.98 Å². The first-order chi connectivity index (χ1) is 9.36. The van der Waals surface area contributed by atoms with Crippen LogP contribution in [0.2, 0.25) is 0 Å². The van der Waals surface area contributed by atoms with E-state index < -0.39 is 0 Å². The molecule has 20 heavy (non-hydrogen) atoms. The zero-order valence-electron chi connectivity index (χ0n) is 13.3. The van der Waals surface area contributed by atoms with E-state index >= 15 is 0 Å². The van der Waals surface area contributed by atoms with Crippen LogP contribution in [0.15, 0.2) is 11.0 Å². The van der Waals surface area contributed by atoms with Crippen LogP contribution in [0.3, 0.4) is 0 Å². The molecule has 0 aliphatic heterocycles. The molecule has 0 amide bonds. The van der Waals surface area contributed by atoms with Crippen LogP contribution in [0.25, 0.3) is 5.78 Å². The van der Waals surface area contributed by atoms with Crippen molar-refractivity contribution in [3.05, 3.63) is 33.5 Å². The summed E-state index contributed by atoms with van der Waals surface area (Å²) in [5.41, 5.74) is 2.92. The molecule has 1 atom stereocenters. The van der Waals surface area contributed by atoms with Crippen LogP contribution in [-0.2, 0) is 0 Å². The lowest BCUT2D eigenvalue weighted by atomic mass is 9.94. The number of aromatic amines is 1. The molecule has 0 spiro atoms. The molecule has 0 saturated carbocycles. The molecule has 0 aliphatic carbocycles. The predicted octanol–water partition coefficient (Wildman–Crippen LogP) is 3.78. The summed E-state index contributed by atoms with van der Waals surface area (Å²) in [7, 11) is 0. The summed E-state index contributed by atoms with van der Waals surface area (Å²) in [6.07, 6.45) is 2.88. The fourth-order valence-electron chi connectivity index (χ4n) is 2.48. The van der Waals surface area contributed by atoms with Crippen LogP contribution < -0.4 is 5.56 Å². The van der Waals surface area contributed by atoms with E-state index in [9.17, 15) is 4.79 Å². The Morgan fingerprint density at radius 3 is 2.35 bits per heavy atom. The lowest BCUT2D eigenvalue weighted by molar-refractivity contribution is 0.671. The van der Waals surface area contributed by atoms with Crippen LogP contribution in [0.4, 0.5) is 0 Å². The standard InChI is InChI=1S/C16H25N3O/c1-7-11(6)14-13(10(4)5)15(20)19-8-12(9(2)3)17-16(19)18-14/h8-11H,7H2,1-6H3,(H,17,18). The first kappa shape index (κ1) is 14.8. The Hall–Kier alpha value is -1.58. The number of H-pyrrole nitrogens is 1. The molecule has 110 valence electrons. The summed E-state index contributed by atoms with van der Waals surface area (Å²) >= 11 is 0. The Balaban J connectivity index is 2.79. The van der Waals surface area contributed by atoms with E-state index in [0.29, 0.717) is 17.6 Å². The van der Waals surface area contributed by atoms with Crippen molar-refractivity contribution >= 4 is 5.78 Å². The van der Waals surface area contributed by atoms with Crippen LogP contribution in [-0.4, -0.2) is 14.4 Å². The third kappa shape index (κ3) is 2.39. The summed E-state index contributed by atoms with van der Waals surface area (Å²) in [6.45, 7) is 12.6. The lowest BCUT2D eigenvalue weighted by Gasteiger charge is -2.15. The van der Waals surface area contributed by atoms with Gasteiger partial charge in [0.15, 0.2) is 0 Å². The average molecular weight is 275 g/mol. The van der Waals surface area contributed by atoms with E-state index in [0.717, 1.165) is 23.4 Å². The fourth-order valence-corrected chi connectivity index (χ4v) is 2.48. The van der Waals surface area contributed by atoms with E-state index in [4.69, 9.17) is 4.98 Å². The van der Waals surface area contributed by atoms with Gasteiger partial charge in [-0.05, 0) is 24.2 Å². The normalized spacial score (nSPS) is 13.6. The molecular weight excluding hydrogens is 250 g/mol. The lowest BCUT2D eigenvalue weighted by Crippen LogP contribution is -2.23. The first-order valence-electron chi connectivity index (χ1n) is 7.51. The molecule has 4 nitrogen and oxygen atoms in total. The number of hydrogen-bond donors (Lipinski definition) is 1. The minimum atomic E-state index is 0.0726. The molecule has 4 heteroatoms. The molecule has 1 unspecified atom stereocenters. The Labute approximate surface area is 120 Å². The summed E-state index contributed by atoms with van der Waals surface area (Å²) in [5, 5.41) is 0. The van der Waals surface area contributed by atoms with Gasteiger partial charge in [-0.3, -0.25) is 9.20 Å². The highest BCUT2D eigenvalue weighted by Crippen LogP contribution is 2.25. The van der Waals surface area contributed by atoms with Crippen molar-refractivity contribution in [1.82, 2.24) is 14.4 Å². The summed E-state index contributed by atoms with van der Waals surface area (Å²) in [6, 6.07) is 0. The quantitative estimate of drug-likeness (QED) is 0.923. The van der Waals surface area contributed by atoms with Gasteiger partial charge in [0.25, 0.3) is 5.56 Å². The van der Waals surface area contributed by atoms with Gasteiger partial charge in [0.1, 0.15) is 0 Å². The maximum Gasteiger partial charge on any atom is 0.262 e. The first-order valence-corrected chi connectivity index (χ1v) is 7.51. The minimum absolute atomic E-state index is 0.0726. The minimum Gasteiger partial charge on any atom is -0.327 e. The maximum atomic E-state index is 12.8. The monoisotopic (exact) mass is 275 g/mol. The van der Waals surface area contributed by atoms with Crippen molar-refractivity contribution in [2.45, 2.75) is 65.7 Å². The van der Waals surface area contributed by atoms with Gasteiger partial charge in [0.2, 0.25) is 5.78 Å². The molecule has 2 heterocycles. The largest absolute Gasteiger partial charge is 0.327 e. The molecule has 0 fully saturated rings. The maximum absolute atomic E-state index is 12.8. The summed E-state index contributed by atoms with van der Waals surface area (Å²) in [5.74, 6) is 1.51. The average Bonchev–Trinajstić information content (AvgIpc) is 2.81. The zero-order valence-corrected chi connectivity index (χ0v) is 13.3. The Morgan fingerprint density at radius 1 is 1.20 bits per heavy atom. The van der Waals surface area contributed by atoms with E-state index in [2.05, 4.69) is 46.5 Å². The molecule has 0 bridgehead atoms. The molecule has 0 aromatic carbocycles. The Morgan fingerprint density at radius 2 is 1.85 bits per heavy atom. The fraction of sp³-hybridized carbons (Fsp3) is 0.625. The molecule has 0 aliphatic rings. The highest BCUT2D eigenvalue weighted by atomic mass is 16.1. The third-order valence-corrected chi connectivity index (χ3v) is 3.98. The number of fused-ring (bicyclic) bond motifs is 1. The van der Waals surface area contributed by atoms with Gasteiger partial charge in [0.05, 0.1) is 5.69 Å². The van der Waals surface area contributed by atoms with Crippen LogP contribution in [0.1, 0.15) is 82.7 Å². The highest BCUT2D eigenvalue weighted by Gasteiger charge is 2.20. The van der Waals surface area contributed by atoms with E-state index in [1.165, 1.54) is 0 Å². The second kappa shape index (κ2) is 5.43. The van der Waals surface area contributed by atoms with E-state index in [1.54, 1.807) is 4.40 Å². The van der Waals surface area contributed by atoms with Crippen molar-refractivity contribution in [2.75, 3.05) is 0 Å². The molecule has 0 saturated heterocycles. The SMILES string of the molecule is CCC(C)c1nc2[nH]c(C(C)C)cn2c(=O)c1C(C)C. The van der Waals surface area contributed by atoms with Gasteiger partial charge in [-0.1, -0.05) is 41.5 Å². The van der Waals surface area contributed by atoms with Crippen molar-refractivity contribution < 1.29 is 0 Å². The van der Waals surface area contributed by atoms with Gasteiger partial charge in [0, 0.05) is 17.5 Å². The second-order valence-electron chi connectivity index (χ2n) is 6.24. The van der Waals surface area contributed by atoms with E-state index in [1.807, 2.05) is 6.20 Å². The topological polar surface area (TPSA) is 50.2 Å². The summed E-state index contributed by atoms with van der Waals surface area (Å²) < 4.78 is 1.66. The highest BCUT2D eigenvalue weighted by molar-refractivity contribution is 5.38. The van der Waals surface area contributed by atoms with E-state index in [-0.39, 0.29) is 11.5 Å². The predicted molar refractivity (Wildman–Crippen MR) is 82.7 cm³/mol. The van der Waals surface area contributed by atoms with Crippen molar-refractivity contribution in [3.63, 3.8) is 0 Å². The third-order valence-electron chi connectivity index (χ3n) is 3.98. The zero-order chi connectivity index (χ0) is 15.0. The van der Waals surface area contributed by atoms with Crippen molar-refractivity contribution in [1.29, 1.82) is 0 Å². The smallest absolute Gasteiger partial charge is 0.262 e. The summed E-state index contributed by atoms with van der Waals surface area (Å²) in [4.78, 5) is 20.8. The molecule has 1 N–H and O–H groups in total. The number of aromatic nitrogens is 3. The van der Waals surface area contributed by atoms with Crippen molar-refractivity contribution in [2.24, 2.45) is 0 Å². The number of hydrogen-bond acceptors (Lipinski definition) is 2.